The fraction of sp³-hybridized carbons (Fsp3) is 0.667. The molecule has 2 N–H and O–H groups in total. The van der Waals surface area contributed by atoms with Gasteiger partial charge in [0, 0.05) is 33.0 Å². The van der Waals surface area contributed by atoms with Crippen LogP contribution in [0.5, 0.6) is 0 Å². The molecule has 1 aromatic rings. The van der Waals surface area contributed by atoms with Crippen LogP contribution in [0.2, 0.25) is 0 Å². The van der Waals surface area contributed by atoms with E-state index in [0.717, 1.165) is 0 Å². The van der Waals surface area contributed by atoms with Crippen molar-refractivity contribution in [1.29, 1.82) is 0 Å². The topological polar surface area (TPSA) is 93.4 Å². The molecular formula is C9H17N3O4S. The summed E-state index contributed by atoms with van der Waals surface area (Å²) in [5, 5.41) is 12.6. The van der Waals surface area contributed by atoms with E-state index in [1.165, 1.54) is 24.2 Å². The average Bonchev–Trinajstić information content (AvgIpc) is 2.66. The molecule has 0 spiro atoms. The summed E-state index contributed by atoms with van der Waals surface area (Å²) in [5.74, 6) is 0. The highest BCUT2D eigenvalue weighted by atomic mass is 32.2. The van der Waals surface area contributed by atoms with Gasteiger partial charge in [0.1, 0.15) is 4.90 Å². The fourth-order valence-corrected chi connectivity index (χ4v) is 2.60. The number of aryl methyl sites for hydroxylation is 1. The van der Waals surface area contributed by atoms with Gasteiger partial charge in [0.25, 0.3) is 0 Å². The number of rotatable bonds is 7. The van der Waals surface area contributed by atoms with Gasteiger partial charge in [-0.15, -0.1) is 0 Å². The van der Waals surface area contributed by atoms with E-state index < -0.39 is 16.1 Å². The van der Waals surface area contributed by atoms with Crippen LogP contribution in [0, 0.1) is 0 Å². The van der Waals surface area contributed by atoms with E-state index in [0.29, 0.717) is 6.42 Å². The molecule has 98 valence electrons. The number of ether oxygens (including phenoxy) is 1. The minimum Gasteiger partial charge on any atom is -0.396 e. The number of sulfonamides is 1. The van der Waals surface area contributed by atoms with Crippen molar-refractivity contribution in [2.24, 2.45) is 7.05 Å². The Labute approximate surface area is 100 Å². The normalized spacial score (nSPS) is 13.8. The third kappa shape index (κ3) is 4.08. The van der Waals surface area contributed by atoms with E-state index in [1.807, 2.05) is 0 Å². The average molecular weight is 263 g/mol. The Morgan fingerprint density at radius 3 is 2.82 bits per heavy atom. The first kappa shape index (κ1) is 14.1. The monoisotopic (exact) mass is 263 g/mol. The number of aliphatic hydroxyl groups excluding tert-OH is 1. The van der Waals surface area contributed by atoms with Crippen LogP contribution < -0.4 is 4.72 Å². The maximum atomic E-state index is 11.9. The maximum absolute atomic E-state index is 11.9. The molecule has 1 heterocycles. The zero-order valence-corrected chi connectivity index (χ0v) is 10.6. The fourth-order valence-electron chi connectivity index (χ4n) is 1.36. The molecule has 0 fully saturated rings. The first-order valence-corrected chi connectivity index (χ1v) is 6.58. The molecule has 0 amide bonds. The summed E-state index contributed by atoms with van der Waals surface area (Å²) in [6.07, 6.45) is 2.98. The summed E-state index contributed by atoms with van der Waals surface area (Å²) in [7, 11) is -0.494. The highest BCUT2D eigenvalue weighted by Gasteiger charge is 2.21. The van der Waals surface area contributed by atoms with Gasteiger partial charge >= 0.3 is 0 Å². The van der Waals surface area contributed by atoms with E-state index in [1.54, 1.807) is 7.05 Å². The lowest BCUT2D eigenvalue weighted by atomic mass is 10.2. The summed E-state index contributed by atoms with van der Waals surface area (Å²) in [5.41, 5.74) is 0. The predicted octanol–water partition coefficient (Wildman–Crippen LogP) is -0.904. The standard InChI is InChI=1S/C9H17N3O4S/c1-12-6-9(5-10-12)17(14,15)11-8(3-4-13)7-16-2/h5-6,8,11,13H,3-4,7H2,1-2H3. The van der Waals surface area contributed by atoms with Crippen LogP contribution in [-0.2, 0) is 21.8 Å². The van der Waals surface area contributed by atoms with Crippen LogP contribution in [0.25, 0.3) is 0 Å². The van der Waals surface area contributed by atoms with Gasteiger partial charge in [0.15, 0.2) is 0 Å². The number of hydrogen-bond acceptors (Lipinski definition) is 5. The molecule has 0 aliphatic rings. The van der Waals surface area contributed by atoms with E-state index in [-0.39, 0.29) is 18.1 Å². The van der Waals surface area contributed by atoms with Gasteiger partial charge in [0.2, 0.25) is 10.0 Å². The van der Waals surface area contributed by atoms with Crippen LogP contribution >= 0.6 is 0 Å². The van der Waals surface area contributed by atoms with Crippen LogP contribution in [0.15, 0.2) is 17.3 Å². The largest absolute Gasteiger partial charge is 0.396 e. The Bertz CT molecular complexity index is 437. The molecule has 0 saturated heterocycles. The first-order valence-electron chi connectivity index (χ1n) is 5.10. The van der Waals surface area contributed by atoms with Crippen LogP contribution in [0.4, 0.5) is 0 Å². The number of aliphatic hydroxyl groups is 1. The summed E-state index contributed by atoms with van der Waals surface area (Å²) >= 11 is 0. The second-order valence-electron chi connectivity index (χ2n) is 3.64. The SMILES string of the molecule is COCC(CCO)NS(=O)(=O)c1cnn(C)c1. The lowest BCUT2D eigenvalue weighted by Gasteiger charge is -2.15. The Hall–Kier alpha value is -0.960. The van der Waals surface area contributed by atoms with Crippen molar-refractivity contribution in [2.75, 3.05) is 20.3 Å². The van der Waals surface area contributed by atoms with Gasteiger partial charge in [-0.2, -0.15) is 5.10 Å². The Morgan fingerprint density at radius 2 is 2.35 bits per heavy atom. The highest BCUT2D eigenvalue weighted by Crippen LogP contribution is 2.08. The number of aromatic nitrogens is 2. The van der Waals surface area contributed by atoms with Crippen molar-refractivity contribution in [3.63, 3.8) is 0 Å². The van der Waals surface area contributed by atoms with Crippen LogP contribution in [0.1, 0.15) is 6.42 Å². The molecule has 0 bridgehead atoms. The highest BCUT2D eigenvalue weighted by molar-refractivity contribution is 7.89. The smallest absolute Gasteiger partial charge is 0.244 e. The van der Waals surface area contributed by atoms with Gasteiger partial charge in [-0.1, -0.05) is 0 Å². The molecular weight excluding hydrogens is 246 g/mol. The zero-order chi connectivity index (χ0) is 12.9. The van der Waals surface area contributed by atoms with Crippen molar-refractivity contribution in [2.45, 2.75) is 17.4 Å². The van der Waals surface area contributed by atoms with Gasteiger partial charge in [-0.05, 0) is 6.42 Å². The van der Waals surface area contributed by atoms with E-state index in [2.05, 4.69) is 9.82 Å². The zero-order valence-electron chi connectivity index (χ0n) is 9.83. The molecule has 0 radical (unpaired) electrons. The summed E-state index contributed by atoms with van der Waals surface area (Å²) in [6, 6.07) is -0.449. The second kappa shape index (κ2) is 6.10. The van der Waals surface area contributed by atoms with E-state index in [9.17, 15) is 8.42 Å². The Morgan fingerprint density at radius 1 is 1.65 bits per heavy atom. The Balaban J connectivity index is 2.77. The molecule has 7 nitrogen and oxygen atoms in total. The molecule has 0 aliphatic carbocycles. The molecule has 1 rings (SSSR count). The minimum absolute atomic E-state index is 0.0963. The molecule has 17 heavy (non-hydrogen) atoms. The third-order valence-corrected chi connectivity index (χ3v) is 3.63. The molecule has 1 atom stereocenters. The van der Waals surface area contributed by atoms with Crippen molar-refractivity contribution in [1.82, 2.24) is 14.5 Å². The third-order valence-electron chi connectivity index (χ3n) is 2.16. The molecule has 0 aliphatic heterocycles. The van der Waals surface area contributed by atoms with E-state index in [4.69, 9.17) is 9.84 Å². The summed E-state index contributed by atoms with van der Waals surface area (Å²) in [4.78, 5) is 0.0963. The van der Waals surface area contributed by atoms with Gasteiger partial charge in [-0.3, -0.25) is 4.68 Å². The number of nitrogens with zero attached hydrogens (tertiary/aromatic N) is 2. The number of nitrogens with one attached hydrogen (secondary N) is 1. The second-order valence-corrected chi connectivity index (χ2v) is 5.35. The molecule has 1 aromatic heterocycles. The van der Waals surface area contributed by atoms with Crippen molar-refractivity contribution >= 4 is 10.0 Å². The summed E-state index contributed by atoms with van der Waals surface area (Å²) < 4.78 is 32.6. The predicted molar refractivity (Wildman–Crippen MR) is 60.9 cm³/mol. The molecule has 0 saturated carbocycles. The molecule has 1 unspecified atom stereocenters. The quantitative estimate of drug-likeness (QED) is 0.664. The maximum Gasteiger partial charge on any atom is 0.244 e. The van der Waals surface area contributed by atoms with Gasteiger partial charge < -0.3 is 9.84 Å². The van der Waals surface area contributed by atoms with Crippen LogP contribution in [-0.4, -0.2) is 49.7 Å². The van der Waals surface area contributed by atoms with Gasteiger partial charge in [-0.25, -0.2) is 13.1 Å². The van der Waals surface area contributed by atoms with Crippen LogP contribution in [0.3, 0.4) is 0 Å². The lowest BCUT2D eigenvalue weighted by molar-refractivity contribution is 0.158. The molecule has 0 aromatic carbocycles. The molecule has 8 heteroatoms. The van der Waals surface area contributed by atoms with Gasteiger partial charge in [0.05, 0.1) is 12.8 Å². The van der Waals surface area contributed by atoms with Crippen molar-refractivity contribution in [3.05, 3.63) is 12.4 Å². The van der Waals surface area contributed by atoms with E-state index >= 15 is 0 Å². The Kier molecular flexibility index (Phi) is 5.06. The number of methoxy groups -OCH3 is 1. The van der Waals surface area contributed by atoms with Crippen molar-refractivity contribution in [3.8, 4) is 0 Å². The first-order chi connectivity index (χ1) is 7.99. The summed E-state index contributed by atoms with van der Waals surface area (Å²) in [6.45, 7) is 0.101. The van der Waals surface area contributed by atoms with Crippen molar-refractivity contribution < 1.29 is 18.3 Å². The minimum atomic E-state index is -3.61. The number of hydrogen-bond donors (Lipinski definition) is 2. The lowest BCUT2D eigenvalue weighted by Crippen LogP contribution is -2.38.